The highest BCUT2D eigenvalue weighted by molar-refractivity contribution is 5.98. The number of nitrogens with zero attached hydrogens (tertiary/aromatic N) is 7. The molecule has 0 aliphatic heterocycles. The van der Waals surface area contributed by atoms with Crippen molar-refractivity contribution in [2.24, 2.45) is 0 Å². The zero-order valence-corrected chi connectivity index (χ0v) is 24.7. The molecule has 0 aliphatic carbocycles. The Morgan fingerprint density at radius 1 is 0.935 bits per heavy atom. The van der Waals surface area contributed by atoms with Gasteiger partial charge in [-0.3, -0.25) is 9.36 Å². The number of aliphatic hydroxyl groups is 1. The number of phenols is 1. The fraction of sp³-hybridized carbons (Fsp3) is 0.212. The SMILES string of the molecule is N#Cc1cccc(Cn2c(Cn3nc(-c4cccc(O)c4)c4c(N)ncnc43)nc3cccc(COCCOCCO)c3c2=O)c1. The number of hydrogen-bond donors (Lipinski definition) is 3. The van der Waals surface area contributed by atoms with Crippen molar-refractivity contribution >= 4 is 27.8 Å². The number of aromatic nitrogens is 6. The normalized spacial score (nSPS) is 11.3. The number of hydrogen-bond acceptors (Lipinski definition) is 11. The molecule has 0 saturated carbocycles. The molecule has 0 radical (unpaired) electrons. The van der Waals surface area contributed by atoms with Crippen LogP contribution < -0.4 is 11.3 Å². The first-order valence-corrected chi connectivity index (χ1v) is 14.5. The third-order valence-electron chi connectivity index (χ3n) is 7.38. The lowest BCUT2D eigenvalue weighted by Crippen LogP contribution is -2.28. The molecular formula is C33H30N8O5. The molecule has 13 heteroatoms. The van der Waals surface area contributed by atoms with Crippen molar-refractivity contribution in [1.82, 2.24) is 29.3 Å². The van der Waals surface area contributed by atoms with Crippen molar-refractivity contribution in [2.75, 3.05) is 32.2 Å². The van der Waals surface area contributed by atoms with Crippen LogP contribution in [0.3, 0.4) is 0 Å². The van der Waals surface area contributed by atoms with E-state index in [1.165, 1.54) is 6.33 Å². The molecule has 0 aliphatic rings. The van der Waals surface area contributed by atoms with Gasteiger partial charge in [-0.1, -0.05) is 36.4 Å². The number of rotatable bonds is 12. The average molecular weight is 619 g/mol. The molecular weight excluding hydrogens is 588 g/mol. The molecule has 3 aromatic heterocycles. The number of ether oxygens (including phenoxy) is 2. The fourth-order valence-corrected chi connectivity index (χ4v) is 5.30. The standard InChI is InChI=1S/C33H30N8O5/c34-16-21-4-1-5-22(14-21)17-40-27(38-26-9-3-7-24(28(26)33(40)44)19-46-13-12-45-11-10-42)18-41-32-29(31(35)36-20-37-32)30(39-41)23-6-2-8-25(43)15-23/h1-9,14-15,20,42-43H,10-13,17-19H2,(H2,35,36,37). The van der Waals surface area contributed by atoms with Gasteiger partial charge in [0.1, 0.15) is 36.0 Å². The van der Waals surface area contributed by atoms with Crippen molar-refractivity contribution in [3.05, 3.63) is 106 Å². The van der Waals surface area contributed by atoms with Crippen LogP contribution in [0.2, 0.25) is 0 Å². The van der Waals surface area contributed by atoms with E-state index in [-0.39, 0.29) is 56.6 Å². The molecule has 3 heterocycles. The van der Waals surface area contributed by atoms with E-state index in [1.807, 2.05) is 18.2 Å². The Balaban J connectivity index is 1.46. The Bertz CT molecular complexity index is 2140. The van der Waals surface area contributed by atoms with Gasteiger partial charge in [-0.05, 0) is 41.5 Å². The van der Waals surface area contributed by atoms with Crippen LogP contribution in [0.4, 0.5) is 5.82 Å². The van der Waals surface area contributed by atoms with Gasteiger partial charge < -0.3 is 25.4 Å². The zero-order valence-electron chi connectivity index (χ0n) is 24.7. The van der Waals surface area contributed by atoms with Crippen molar-refractivity contribution < 1.29 is 19.7 Å². The molecule has 0 saturated heterocycles. The summed E-state index contributed by atoms with van der Waals surface area (Å²) in [6.45, 7) is 1.11. The van der Waals surface area contributed by atoms with E-state index in [4.69, 9.17) is 30.4 Å². The van der Waals surface area contributed by atoms with Crippen molar-refractivity contribution in [1.29, 1.82) is 5.26 Å². The van der Waals surface area contributed by atoms with E-state index in [1.54, 1.807) is 57.8 Å². The second-order valence-corrected chi connectivity index (χ2v) is 10.4. The van der Waals surface area contributed by atoms with Crippen molar-refractivity contribution in [3.63, 3.8) is 0 Å². The number of phenolic OH excluding ortho intramolecular Hbond substituents is 1. The fourth-order valence-electron chi connectivity index (χ4n) is 5.30. The summed E-state index contributed by atoms with van der Waals surface area (Å²) in [6, 6.07) is 21.3. The summed E-state index contributed by atoms with van der Waals surface area (Å²) in [5.74, 6) is 0.690. The summed E-state index contributed by atoms with van der Waals surface area (Å²) in [5.41, 5.74) is 9.91. The number of aliphatic hydroxyl groups excluding tert-OH is 1. The third-order valence-corrected chi connectivity index (χ3v) is 7.38. The Kier molecular flexibility index (Phi) is 8.93. The summed E-state index contributed by atoms with van der Waals surface area (Å²) in [7, 11) is 0. The number of anilines is 1. The highest BCUT2D eigenvalue weighted by Crippen LogP contribution is 2.32. The summed E-state index contributed by atoms with van der Waals surface area (Å²) < 4.78 is 14.2. The van der Waals surface area contributed by atoms with Crippen LogP contribution in [0.25, 0.3) is 33.2 Å². The maximum atomic E-state index is 14.3. The molecule has 0 atom stereocenters. The number of nitrogens with two attached hydrogens (primary N) is 1. The Hall–Kier alpha value is -5.68. The number of nitrogen functional groups attached to an aromatic ring is 1. The van der Waals surface area contributed by atoms with Gasteiger partial charge in [-0.15, -0.1) is 0 Å². The first kappa shape index (κ1) is 30.4. The first-order chi connectivity index (χ1) is 22.5. The topological polar surface area (TPSA) is 187 Å². The summed E-state index contributed by atoms with van der Waals surface area (Å²) in [6.07, 6.45) is 1.34. The van der Waals surface area contributed by atoms with Crippen LogP contribution in [-0.4, -0.2) is 65.9 Å². The van der Waals surface area contributed by atoms with E-state index >= 15 is 0 Å². The second kappa shape index (κ2) is 13.5. The van der Waals surface area contributed by atoms with E-state index in [2.05, 4.69) is 16.0 Å². The molecule has 0 spiro atoms. The summed E-state index contributed by atoms with van der Waals surface area (Å²) in [4.78, 5) is 27.9. The lowest BCUT2D eigenvalue weighted by atomic mass is 10.1. The summed E-state index contributed by atoms with van der Waals surface area (Å²) in [5, 5.41) is 34.2. The molecule has 3 aromatic carbocycles. The zero-order chi connectivity index (χ0) is 32.0. The van der Waals surface area contributed by atoms with Crippen LogP contribution in [-0.2, 0) is 29.2 Å². The van der Waals surface area contributed by atoms with Crippen LogP contribution in [0, 0.1) is 11.3 Å². The molecule has 6 rings (SSSR count). The Morgan fingerprint density at radius 3 is 2.59 bits per heavy atom. The Labute approximate surface area is 262 Å². The lowest BCUT2D eigenvalue weighted by Gasteiger charge is -2.16. The highest BCUT2D eigenvalue weighted by Gasteiger charge is 2.21. The number of fused-ring (bicyclic) bond motifs is 2. The van der Waals surface area contributed by atoms with Crippen molar-refractivity contribution in [3.8, 4) is 23.1 Å². The minimum absolute atomic E-state index is 0.0534. The van der Waals surface area contributed by atoms with E-state index in [9.17, 15) is 15.2 Å². The van der Waals surface area contributed by atoms with E-state index in [0.29, 0.717) is 56.8 Å². The van der Waals surface area contributed by atoms with Gasteiger partial charge in [0.25, 0.3) is 5.56 Å². The van der Waals surface area contributed by atoms with E-state index < -0.39 is 0 Å². The first-order valence-electron chi connectivity index (χ1n) is 14.5. The summed E-state index contributed by atoms with van der Waals surface area (Å²) >= 11 is 0. The molecule has 232 valence electrons. The molecule has 0 bridgehead atoms. The lowest BCUT2D eigenvalue weighted by molar-refractivity contribution is 0.0277. The van der Waals surface area contributed by atoms with Gasteiger partial charge in [-0.2, -0.15) is 10.4 Å². The van der Waals surface area contributed by atoms with Gasteiger partial charge in [0.2, 0.25) is 0 Å². The Morgan fingerprint density at radius 2 is 1.76 bits per heavy atom. The number of benzene rings is 3. The van der Waals surface area contributed by atoms with Gasteiger partial charge in [-0.25, -0.2) is 19.6 Å². The average Bonchev–Trinajstić information content (AvgIpc) is 3.44. The van der Waals surface area contributed by atoms with Gasteiger partial charge in [0.15, 0.2) is 5.65 Å². The molecule has 0 fully saturated rings. The predicted octanol–water partition coefficient (Wildman–Crippen LogP) is 2.98. The molecule has 4 N–H and O–H groups in total. The second-order valence-electron chi connectivity index (χ2n) is 10.4. The minimum atomic E-state index is -0.281. The molecule has 46 heavy (non-hydrogen) atoms. The van der Waals surface area contributed by atoms with Gasteiger partial charge >= 0.3 is 0 Å². The largest absolute Gasteiger partial charge is 0.508 e. The van der Waals surface area contributed by atoms with E-state index in [0.717, 1.165) is 5.56 Å². The van der Waals surface area contributed by atoms with Crippen molar-refractivity contribution in [2.45, 2.75) is 19.7 Å². The monoisotopic (exact) mass is 618 g/mol. The molecule has 13 nitrogen and oxygen atoms in total. The van der Waals surface area contributed by atoms with Crippen LogP contribution >= 0.6 is 0 Å². The number of nitriles is 1. The van der Waals surface area contributed by atoms with Gasteiger partial charge in [0, 0.05) is 5.56 Å². The number of aromatic hydroxyl groups is 1. The third kappa shape index (κ3) is 6.26. The van der Waals surface area contributed by atoms with Crippen LogP contribution in [0.15, 0.2) is 77.9 Å². The maximum Gasteiger partial charge on any atom is 0.262 e. The van der Waals surface area contributed by atoms with Crippen LogP contribution in [0.5, 0.6) is 5.75 Å². The highest BCUT2D eigenvalue weighted by atomic mass is 16.5. The quantitative estimate of drug-likeness (QED) is 0.171. The smallest absolute Gasteiger partial charge is 0.262 e. The molecule has 0 amide bonds. The minimum Gasteiger partial charge on any atom is -0.508 e. The molecule has 0 unspecified atom stereocenters. The van der Waals surface area contributed by atoms with Crippen LogP contribution in [0.1, 0.15) is 22.5 Å². The maximum absolute atomic E-state index is 14.3. The predicted molar refractivity (Wildman–Crippen MR) is 170 cm³/mol. The molecule has 6 aromatic rings. The van der Waals surface area contributed by atoms with Gasteiger partial charge in [0.05, 0.1) is 67.5 Å².